The van der Waals surface area contributed by atoms with E-state index in [1.807, 2.05) is 6.07 Å². The standard InChI is InChI=1S/C18H15ClN2O3/c1-11(22)13-4-7-16(8-5-13)24-12(2)18(23)21-15-6-3-14(10-20)17(19)9-15/h3-9,12H,1-2H3,(H,21,23). The van der Waals surface area contributed by atoms with Crippen molar-refractivity contribution in [3.63, 3.8) is 0 Å². The number of halogens is 1. The van der Waals surface area contributed by atoms with E-state index < -0.39 is 6.10 Å². The van der Waals surface area contributed by atoms with Crippen molar-refractivity contribution in [2.45, 2.75) is 20.0 Å². The minimum Gasteiger partial charge on any atom is -0.481 e. The Balaban J connectivity index is 2.00. The number of nitrogens with one attached hydrogen (secondary N) is 1. The van der Waals surface area contributed by atoms with Gasteiger partial charge in [-0.3, -0.25) is 9.59 Å². The van der Waals surface area contributed by atoms with Gasteiger partial charge in [-0.1, -0.05) is 11.6 Å². The first kappa shape index (κ1) is 17.5. The molecule has 0 spiro atoms. The highest BCUT2D eigenvalue weighted by Gasteiger charge is 2.15. The van der Waals surface area contributed by atoms with Gasteiger partial charge in [-0.25, -0.2) is 0 Å². The second-order valence-corrected chi connectivity index (χ2v) is 5.54. The highest BCUT2D eigenvalue weighted by Crippen LogP contribution is 2.21. The van der Waals surface area contributed by atoms with E-state index in [2.05, 4.69) is 5.32 Å². The van der Waals surface area contributed by atoms with Crippen molar-refractivity contribution in [1.29, 1.82) is 5.26 Å². The minimum atomic E-state index is -0.748. The van der Waals surface area contributed by atoms with Gasteiger partial charge in [0.25, 0.3) is 5.91 Å². The summed E-state index contributed by atoms with van der Waals surface area (Å²) < 4.78 is 5.55. The summed E-state index contributed by atoms with van der Waals surface area (Å²) in [4.78, 5) is 23.4. The van der Waals surface area contributed by atoms with E-state index in [1.165, 1.54) is 19.1 Å². The molecule has 0 saturated heterocycles. The number of Topliss-reactive ketones (excluding diaryl/α,β-unsaturated/α-hetero) is 1. The fourth-order valence-corrected chi connectivity index (χ4v) is 2.18. The Hall–Kier alpha value is -2.84. The zero-order chi connectivity index (χ0) is 17.7. The maximum atomic E-state index is 12.2. The number of carbonyl (C=O) groups excluding carboxylic acids is 2. The van der Waals surface area contributed by atoms with Crippen LogP contribution >= 0.6 is 11.6 Å². The third-order valence-corrected chi connectivity index (χ3v) is 3.61. The summed E-state index contributed by atoms with van der Waals surface area (Å²) in [5.41, 5.74) is 1.39. The quantitative estimate of drug-likeness (QED) is 0.838. The third kappa shape index (κ3) is 4.34. The second-order valence-electron chi connectivity index (χ2n) is 5.14. The van der Waals surface area contributed by atoms with Gasteiger partial charge in [0.2, 0.25) is 0 Å². The van der Waals surface area contributed by atoms with Crippen LogP contribution < -0.4 is 10.1 Å². The number of benzene rings is 2. The van der Waals surface area contributed by atoms with Crippen molar-refractivity contribution in [1.82, 2.24) is 0 Å². The van der Waals surface area contributed by atoms with Gasteiger partial charge in [0.1, 0.15) is 11.8 Å². The van der Waals surface area contributed by atoms with Crippen molar-refractivity contribution in [2.24, 2.45) is 0 Å². The van der Waals surface area contributed by atoms with E-state index in [1.54, 1.807) is 37.3 Å². The largest absolute Gasteiger partial charge is 0.481 e. The van der Waals surface area contributed by atoms with Crippen LogP contribution in [-0.4, -0.2) is 17.8 Å². The number of anilines is 1. The summed E-state index contributed by atoms with van der Waals surface area (Å²) in [7, 11) is 0. The zero-order valence-corrected chi connectivity index (χ0v) is 13.9. The topological polar surface area (TPSA) is 79.2 Å². The van der Waals surface area contributed by atoms with E-state index in [9.17, 15) is 9.59 Å². The molecule has 0 fully saturated rings. The van der Waals surface area contributed by atoms with Gasteiger partial charge in [0, 0.05) is 11.3 Å². The predicted molar refractivity (Wildman–Crippen MR) is 91.3 cm³/mol. The van der Waals surface area contributed by atoms with Gasteiger partial charge in [-0.15, -0.1) is 0 Å². The molecule has 1 amide bonds. The first-order valence-corrected chi connectivity index (χ1v) is 7.56. The van der Waals surface area contributed by atoms with Crippen molar-refractivity contribution >= 4 is 29.0 Å². The Bertz CT molecular complexity index is 810. The van der Waals surface area contributed by atoms with E-state index in [0.29, 0.717) is 22.6 Å². The van der Waals surface area contributed by atoms with E-state index in [-0.39, 0.29) is 16.7 Å². The van der Waals surface area contributed by atoms with Crippen molar-refractivity contribution in [2.75, 3.05) is 5.32 Å². The lowest BCUT2D eigenvalue weighted by Crippen LogP contribution is -2.30. The maximum Gasteiger partial charge on any atom is 0.265 e. The Labute approximate surface area is 144 Å². The summed E-state index contributed by atoms with van der Waals surface area (Å²) in [5.74, 6) is 0.0944. The van der Waals surface area contributed by atoms with Crippen LogP contribution in [0.1, 0.15) is 29.8 Å². The molecule has 2 aromatic carbocycles. The molecule has 6 heteroatoms. The van der Waals surface area contributed by atoms with Crippen LogP contribution in [0.15, 0.2) is 42.5 Å². The Morgan fingerprint density at radius 3 is 2.42 bits per heavy atom. The molecule has 0 saturated carbocycles. The normalized spacial score (nSPS) is 11.2. The minimum absolute atomic E-state index is 0.0370. The molecule has 2 rings (SSSR count). The lowest BCUT2D eigenvalue weighted by molar-refractivity contribution is -0.122. The molecule has 0 aliphatic heterocycles. The molecule has 5 nitrogen and oxygen atoms in total. The van der Waals surface area contributed by atoms with Crippen LogP contribution in [0.2, 0.25) is 5.02 Å². The van der Waals surface area contributed by atoms with Crippen molar-refractivity contribution in [3.8, 4) is 11.8 Å². The zero-order valence-electron chi connectivity index (χ0n) is 13.2. The van der Waals surface area contributed by atoms with Crippen LogP contribution in [-0.2, 0) is 4.79 Å². The number of ketones is 1. The van der Waals surface area contributed by atoms with Gasteiger partial charge in [0.15, 0.2) is 11.9 Å². The monoisotopic (exact) mass is 342 g/mol. The molecule has 0 radical (unpaired) electrons. The fourth-order valence-electron chi connectivity index (χ4n) is 1.95. The first-order chi connectivity index (χ1) is 11.4. The molecule has 0 bridgehead atoms. The lowest BCUT2D eigenvalue weighted by atomic mass is 10.1. The molecular formula is C18H15ClN2O3. The molecule has 122 valence electrons. The molecule has 1 unspecified atom stereocenters. The number of nitriles is 1. The summed E-state index contributed by atoms with van der Waals surface area (Å²) in [5, 5.41) is 11.8. The maximum absolute atomic E-state index is 12.2. The predicted octanol–water partition coefficient (Wildman–Crippen LogP) is 3.82. The summed E-state index contributed by atoms with van der Waals surface area (Å²) >= 11 is 5.93. The molecule has 1 atom stereocenters. The summed E-state index contributed by atoms with van der Waals surface area (Å²) in [6.45, 7) is 3.09. The fraction of sp³-hybridized carbons (Fsp3) is 0.167. The van der Waals surface area contributed by atoms with Gasteiger partial charge < -0.3 is 10.1 Å². The van der Waals surface area contributed by atoms with E-state index in [4.69, 9.17) is 21.6 Å². The smallest absolute Gasteiger partial charge is 0.265 e. The van der Waals surface area contributed by atoms with E-state index >= 15 is 0 Å². The van der Waals surface area contributed by atoms with Gasteiger partial charge in [-0.2, -0.15) is 5.26 Å². The Morgan fingerprint density at radius 1 is 1.21 bits per heavy atom. The number of nitrogens with zero attached hydrogens (tertiary/aromatic N) is 1. The number of rotatable bonds is 5. The average molecular weight is 343 g/mol. The van der Waals surface area contributed by atoms with Gasteiger partial charge in [0.05, 0.1) is 10.6 Å². The Morgan fingerprint density at radius 2 is 1.88 bits per heavy atom. The first-order valence-electron chi connectivity index (χ1n) is 7.19. The molecule has 2 aromatic rings. The molecule has 0 heterocycles. The van der Waals surface area contributed by atoms with E-state index in [0.717, 1.165) is 0 Å². The second kappa shape index (κ2) is 7.62. The third-order valence-electron chi connectivity index (χ3n) is 3.30. The van der Waals surface area contributed by atoms with Crippen LogP contribution in [0.4, 0.5) is 5.69 Å². The molecule has 0 aromatic heterocycles. The Kier molecular flexibility index (Phi) is 5.56. The number of carbonyl (C=O) groups is 2. The van der Waals surface area contributed by atoms with Crippen LogP contribution in [0, 0.1) is 11.3 Å². The molecule has 24 heavy (non-hydrogen) atoms. The highest BCUT2D eigenvalue weighted by molar-refractivity contribution is 6.32. The lowest BCUT2D eigenvalue weighted by Gasteiger charge is -2.15. The molecule has 0 aliphatic rings. The van der Waals surface area contributed by atoms with Gasteiger partial charge >= 0.3 is 0 Å². The number of ether oxygens (including phenoxy) is 1. The number of hydrogen-bond donors (Lipinski definition) is 1. The summed E-state index contributed by atoms with van der Waals surface area (Å²) in [6.07, 6.45) is -0.748. The average Bonchev–Trinajstić information content (AvgIpc) is 2.55. The van der Waals surface area contributed by atoms with Crippen LogP contribution in [0.5, 0.6) is 5.75 Å². The molecule has 1 N–H and O–H groups in total. The number of hydrogen-bond acceptors (Lipinski definition) is 4. The SMILES string of the molecule is CC(=O)c1ccc(OC(C)C(=O)Nc2ccc(C#N)c(Cl)c2)cc1. The van der Waals surface area contributed by atoms with Crippen LogP contribution in [0.25, 0.3) is 0 Å². The van der Waals surface area contributed by atoms with Gasteiger partial charge in [-0.05, 0) is 56.3 Å². The highest BCUT2D eigenvalue weighted by atomic mass is 35.5. The van der Waals surface area contributed by atoms with Crippen molar-refractivity contribution in [3.05, 3.63) is 58.6 Å². The molecule has 0 aliphatic carbocycles. The molecular weight excluding hydrogens is 328 g/mol. The number of amides is 1. The summed E-state index contributed by atoms with van der Waals surface area (Å²) in [6, 6.07) is 13.1. The van der Waals surface area contributed by atoms with Crippen molar-refractivity contribution < 1.29 is 14.3 Å². The van der Waals surface area contributed by atoms with Crippen LogP contribution in [0.3, 0.4) is 0 Å².